The van der Waals surface area contributed by atoms with Crippen molar-refractivity contribution in [2.45, 2.75) is 6.92 Å². The molecule has 3 aromatic carbocycles. The molecule has 98 valence electrons. The highest BCUT2D eigenvalue weighted by atomic mass is 19.1. The van der Waals surface area contributed by atoms with Gasteiger partial charge in [-0.2, -0.15) is 0 Å². The SMILES string of the molecule is Cc1ccc(C=O)c(-c2ccc(F)c3ccccc23)c1. The predicted molar refractivity (Wildman–Crippen MR) is 79.5 cm³/mol. The molecule has 0 saturated heterocycles. The molecule has 0 aromatic heterocycles. The topological polar surface area (TPSA) is 17.1 Å². The summed E-state index contributed by atoms with van der Waals surface area (Å²) in [4.78, 5) is 11.2. The summed E-state index contributed by atoms with van der Waals surface area (Å²) in [5, 5.41) is 1.39. The standard InChI is InChI=1S/C18H13FO/c1-12-6-7-13(11-20)17(10-12)15-8-9-18(19)16-5-3-2-4-14(15)16/h2-11H,1H3. The Morgan fingerprint density at radius 2 is 1.65 bits per heavy atom. The Bertz CT molecular complexity index is 806. The van der Waals surface area contributed by atoms with Crippen molar-refractivity contribution in [3.8, 4) is 11.1 Å². The van der Waals surface area contributed by atoms with E-state index in [-0.39, 0.29) is 5.82 Å². The van der Waals surface area contributed by atoms with Crippen molar-refractivity contribution in [1.82, 2.24) is 0 Å². The number of carbonyl (C=O) groups is 1. The van der Waals surface area contributed by atoms with Crippen LogP contribution in [0.2, 0.25) is 0 Å². The minimum Gasteiger partial charge on any atom is -0.298 e. The van der Waals surface area contributed by atoms with Gasteiger partial charge in [0.1, 0.15) is 5.82 Å². The van der Waals surface area contributed by atoms with E-state index in [1.165, 1.54) is 6.07 Å². The third-order valence-corrected chi connectivity index (χ3v) is 3.50. The Labute approximate surface area is 116 Å². The van der Waals surface area contributed by atoms with Gasteiger partial charge in [-0.1, -0.05) is 54.1 Å². The minimum absolute atomic E-state index is 0.246. The molecule has 2 heteroatoms. The van der Waals surface area contributed by atoms with E-state index < -0.39 is 0 Å². The first-order valence-corrected chi connectivity index (χ1v) is 6.44. The number of hydrogen-bond donors (Lipinski definition) is 0. The summed E-state index contributed by atoms with van der Waals surface area (Å²) >= 11 is 0. The van der Waals surface area contributed by atoms with Gasteiger partial charge in [0, 0.05) is 10.9 Å². The van der Waals surface area contributed by atoms with Gasteiger partial charge in [-0.15, -0.1) is 0 Å². The monoisotopic (exact) mass is 264 g/mol. The third-order valence-electron chi connectivity index (χ3n) is 3.50. The number of hydrogen-bond acceptors (Lipinski definition) is 1. The highest BCUT2D eigenvalue weighted by molar-refractivity contribution is 6.01. The molecular weight excluding hydrogens is 251 g/mol. The van der Waals surface area contributed by atoms with Crippen molar-refractivity contribution < 1.29 is 9.18 Å². The molecule has 0 aliphatic carbocycles. The van der Waals surface area contributed by atoms with E-state index >= 15 is 0 Å². The number of benzene rings is 3. The fourth-order valence-corrected chi connectivity index (χ4v) is 2.50. The van der Waals surface area contributed by atoms with E-state index in [4.69, 9.17) is 0 Å². The molecule has 3 aromatic rings. The number of carbonyl (C=O) groups excluding carboxylic acids is 1. The van der Waals surface area contributed by atoms with Crippen LogP contribution in [0.1, 0.15) is 15.9 Å². The van der Waals surface area contributed by atoms with Gasteiger partial charge in [-0.05, 0) is 29.5 Å². The second kappa shape index (κ2) is 4.89. The van der Waals surface area contributed by atoms with Crippen molar-refractivity contribution in [2.24, 2.45) is 0 Å². The van der Waals surface area contributed by atoms with Crippen LogP contribution in [0.5, 0.6) is 0 Å². The van der Waals surface area contributed by atoms with E-state index in [0.29, 0.717) is 10.9 Å². The first kappa shape index (κ1) is 12.5. The van der Waals surface area contributed by atoms with Crippen molar-refractivity contribution in [1.29, 1.82) is 0 Å². The first-order valence-electron chi connectivity index (χ1n) is 6.44. The van der Waals surface area contributed by atoms with Crippen molar-refractivity contribution in [3.63, 3.8) is 0 Å². The predicted octanol–water partition coefficient (Wildman–Crippen LogP) is 4.77. The van der Waals surface area contributed by atoms with E-state index in [9.17, 15) is 9.18 Å². The second-order valence-corrected chi connectivity index (χ2v) is 4.85. The number of aryl methyl sites for hydroxylation is 1. The van der Waals surface area contributed by atoms with Crippen LogP contribution in [-0.2, 0) is 0 Å². The molecule has 0 unspecified atom stereocenters. The normalized spacial score (nSPS) is 10.7. The number of halogens is 1. The average molecular weight is 264 g/mol. The van der Waals surface area contributed by atoms with Crippen LogP contribution in [0.3, 0.4) is 0 Å². The van der Waals surface area contributed by atoms with Crippen molar-refractivity contribution >= 4 is 17.1 Å². The fourth-order valence-electron chi connectivity index (χ4n) is 2.50. The zero-order valence-electron chi connectivity index (χ0n) is 11.1. The molecule has 0 aliphatic rings. The molecule has 0 radical (unpaired) electrons. The van der Waals surface area contributed by atoms with Gasteiger partial charge in [0.2, 0.25) is 0 Å². The Balaban J connectivity index is 2.38. The highest BCUT2D eigenvalue weighted by Gasteiger charge is 2.10. The molecule has 1 nitrogen and oxygen atoms in total. The van der Waals surface area contributed by atoms with Gasteiger partial charge in [0.05, 0.1) is 0 Å². The Morgan fingerprint density at radius 3 is 2.40 bits per heavy atom. The lowest BCUT2D eigenvalue weighted by molar-refractivity contribution is 0.112. The summed E-state index contributed by atoms with van der Waals surface area (Å²) in [6, 6.07) is 16.2. The fraction of sp³-hybridized carbons (Fsp3) is 0.0556. The third kappa shape index (κ3) is 1.99. The van der Waals surface area contributed by atoms with Crippen LogP contribution in [0.15, 0.2) is 54.6 Å². The van der Waals surface area contributed by atoms with Crippen molar-refractivity contribution in [3.05, 3.63) is 71.5 Å². The molecule has 3 rings (SSSR count). The lowest BCUT2D eigenvalue weighted by Gasteiger charge is -2.10. The minimum atomic E-state index is -0.246. The Morgan fingerprint density at radius 1 is 0.900 bits per heavy atom. The smallest absolute Gasteiger partial charge is 0.150 e. The maximum atomic E-state index is 13.9. The molecule has 0 bridgehead atoms. The zero-order chi connectivity index (χ0) is 14.1. The van der Waals surface area contributed by atoms with Gasteiger partial charge in [0.15, 0.2) is 6.29 Å². The molecule has 0 spiro atoms. The molecule has 0 aliphatic heterocycles. The first-order chi connectivity index (χ1) is 9.70. The summed E-state index contributed by atoms with van der Waals surface area (Å²) in [5.74, 6) is -0.246. The molecule has 0 N–H and O–H groups in total. The molecule has 0 saturated carbocycles. The summed E-state index contributed by atoms with van der Waals surface area (Å²) in [7, 11) is 0. The molecule has 0 atom stereocenters. The van der Waals surface area contributed by atoms with E-state index in [2.05, 4.69) is 0 Å². The van der Waals surface area contributed by atoms with Gasteiger partial charge in [0.25, 0.3) is 0 Å². The molecule has 0 fully saturated rings. The molecule has 0 heterocycles. The largest absolute Gasteiger partial charge is 0.298 e. The Hall–Kier alpha value is -2.48. The average Bonchev–Trinajstić information content (AvgIpc) is 2.48. The number of rotatable bonds is 2. The van der Waals surface area contributed by atoms with E-state index in [1.54, 1.807) is 18.2 Å². The van der Waals surface area contributed by atoms with E-state index in [1.807, 2.05) is 37.3 Å². The molecule has 20 heavy (non-hydrogen) atoms. The second-order valence-electron chi connectivity index (χ2n) is 4.85. The van der Waals surface area contributed by atoms with Crippen LogP contribution >= 0.6 is 0 Å². The van der Waals surface area contributed by atoms with Crippen molar-refractivity contribution in [2.75, 3.05) is 0 Å². The van der Waals surface area contributed by atoms with Gasteiger partial charge in [-0.3, -0.25) is 4.79 Å². The summed E-state index contributed by atoms with van der Waals surface area (Å²) in [6.45, 7) is 1.98. The Kier molecular flexibility index (Phi) is 3.07. The lowest BCUT2D eigenvalue weighted by atomic mass is 9.93. The maximum Gasteiger partial charge on any atom is 0.150 e. The van der Waals surface area contributed by atoms with Gasteiger partial charge in [-0.25, -0.2) is 4.39 Å². The molecular formula is C18H13FO. The van der Waals surface area contributed by atoms with Crippen LogP contribution < -0.4 is 0 Å². The number of fused-ring (bicyclic) bond motifs is 1. The quantitative estimate of drug-likeness (QED) is 0.609. The lowest BCUT2D eigenvalue weighted by Crippen LogP contribution is -1.91. The maximum absolute atomic E-state index is 13.9. The summed E-state index contributed by atoms with van der Waals surface area (Å²) < 4.78 is 13.9. The van der Waals surface area contributed by atoms with Gasteiger partial charge < -0.3 is 0 Å². The zero-order valence-corrected chi connectivity index (χ0v) is 11.1. The van der Waals surface area contributed by atoms with E-state index in [0.717, 1.165) is 28.4 Å². The van der Waals surface area contributed by atoms with Crippen LogP contribution in [0, 0.1) is 12.7 Å². The van der Waals surface area contributed by atoms with Crippen LogP contribution in [0.25, 0.3) is 21.9 Å². The summed E-state index contributed by atoms with van der Waals surface area (Å²) in [5.41, 5.74) is 3.41. The highest BCUT2D eigenvalue weighted by Crippen LogP contribution is 2.32. The number of aldehydes is 1. The van der Waals surface area contributed by atoms with Crippen LogP contribution in [0.4, 0.5) is 4.39 Å². The summed E-state index contributed by atoms with van der Waals surface area (Å²) in [6.07, 6.45) is 0.840. The van der Waals surface area contributed by atoms with Crippen LogP contribution in [-0.4, -0.2) is 6.29 Å². The molecule has 0 amide bonds. The van der Waals surface area contributed by atoms with Gasteiger partial charge >= 0.3 is 0 Å².